The first-order valence-corrected chi connectivity index (χ1v) is 8.21. The number of nitrogens with one attached hydrogen (secondary N) is 1. The highest BCUT2D eigenvalue weighted by Crippen LogP contribution is 2.37. The lowest BCUT2D eigenvalue weighted by Gasteiger charge is -2.19. The van der Waals surface area contributed by atoms with E-state index in [2.05, 4.69) is 10.3 Å². The van der Waals surface area contributed by atoms with Crippen molar-refractivity contribution in [2.24, 2.45) is 5.92 Å². The Bertz CT molecular complexity index is 685. The summed E-state index contributed by atoms with van der Waals surface area (Å²) < 4.78 is 51.9. The van der Waals surface area contributed by atoms with Gasteiger partial charge in [0.1, 0.15) is 10.7 Å². The van der Waals surface area contributed by atoms with Gasteiger partial charge in [-0.25, -0.2) is 9.37 Å². The van der Waals surface area contributed by atoms with Gasteiger partial charge >= 0.3 is 6.18 Å². The number of rotatable bonds is 6. The van der Waals surface area contributed by atoms with Gasteiger partial charge in [0, 0.05) is 12.6 Å². The second-order valence-electron chi connectivity index (χ2n) is 5.70. The molecule has 3 nitrogen and oxygen atoms in total. The minimum Gasteiger partial charge on any atom is -0.395 e. The van der Waals surface area contributed by atoms with E-state index >= 15 is 0 Å². The molecule has 2 aromatic rings. The zero-order valence-electron chi connectivity index (χ0n) is 13.2. The standard InChI is InChI=1S/C16H18F4N2OS/c1-9(2)13(8-23)21-7-12-10(17)3-4-11(22-12)14-5-6-15(24-14)16(18,19)20/h3-6,9,13,21,23H,7-8H2,1-2H3/t13-/m0/s1. The maximum Gasteiger partial charge on any atom is 0.425 e. The van der Waals surface area contributed by atoms with Crippen LogP contribution in [0.3, 0.4) is 0 Å². The molecule has 24 heavy (non-hydrogen) atoms. The second-order valence-corrected chi connectivity index (χ2v) is 6.78. The van der Waals surface area contributed by atoms with Gasteiger partial charge in [-0.3, -0.25) is 0 Å². The average Bonchev–Trinajstić information content (AvgIpc) is 2.99. The molecule has 0 amide bonds. The number of aliphatic hydroxyl groups is 1. The maximum atomic E-state index is 13.9. The molecule has 0 saturated carbocycles. The van der Waals surface area contributed by atoms with Crippen molar-refractivity contribution in [2.45, 2.75) is 32.6 Å². The lowest BCUT2D eigenvalue weighted by molar-refractivity contribution is -0.134. The summed E-state index contributed by atoms with van der Waals surface area (Å²) in [5, 5.41) is 12.3. The SMILES string of the molecule is CC(C)[C@H](CO)NCc1nc(-c2ccc(C(F)(F)F)s2)ccc1F. The van der Waals surface area contributed by atoms with Crippen LogP contribution in [0.15, 0.2) is 24.3 Å². The minimum absolute atomic E-state index is 0.0839. The number of alkyl halides is 3. The van der Waals surface area contributed by atoms with Crippen LogP contribution in [0.2, 0.25) is 0 Å². The predicted molar refractivity (Wildman–Crippen MR) is 85.1 cm³/mol. The van der Waals surface area contributed by atoms with E-state index in [0.717, 1.165) is 6.07 Å². The Labute approximate surface area is 141 Å². The van der Waals surface area contributed by atoms with Crippen molar-refractivity contribution in [1.29, 1.82) is 0 Å². The van der Waals surface area contributed by atoms with Crippen molar-refractivity contribution in [2.75, 3.05) is 6.61 Å². The molecule has 2 rings (SSSR count). The van der Waals surface area contributed by atoms with E-state index in [1.54, 1.807) is 0 Å². The van der Waals surface area contributed by atoms with E-state index in [1.165, 1.54) is 18.2 Å². The van der Waals surface area contributed by atoms with Crippen molar-refractivity contribution >= 4 is 11.3 Å². The first-order chi connectivity index (χ1) is 11.2. The number of aliphatic hydroxyl groups excluding tert-OH is 1. The van der Waals surface area contributed by atoms with Crippen LogP contribution in [0.25, 0.3) is 10.6 Å². The van der Waals surface area contributed by atoms with Gasteiger partial charge in [0.15, 0.2) is 0 Å². The molecule has 0 radical (unpaired) electrons. The summed E-state index contributed by atoms with van der Waals surface area (Å²) in [6.07, 6.45) is -4.40. The highest BCUT2D eigenvalue weighted by molar-refractivity contribution is 7.15. The first-order valence-electron chi connectivity index (χ1n) is 7.39. The summed E-state index contributed by atoms with van der Waals surface area (Å²) in [6, 6.07) is 4.65. The number of pyridine rings is 1. The van der Waals surface area contributed by atoms with Crippen LogP contribution in [0.1, 0.15) is 24.4 Å². The molecule has 0 unspecified atom stereocenters. The number of halogens is 4. The molecule has 0 fully saturated rings. The van der Waals surface area contributed by atoms with Crippen LogP contribution in [0, 0.1) is 11.7 Å². The quantitative estimate of drug-likeness (QED) is 0.762. The van der Waals surface area contributed by atoms with Crippen LogP contribution >= 0.6 is 11.3 Å². The molecule has 0 bridgehead atoms. The van der Waals surface area contributed by atoms with Gasteiger partial charge in [-0.15, -0.1) is 11.3 Å². The highest BCUT2D eigenvalue weighted by atomic mass is 32.1. The van der Waals surface area contributed by atoms with Crippen molar-refractivity contribution in [1.82, 2.24) is 10.3 Å². The number of aromatic nitrogens is 1. The van der Waals surface area contributed by atoms with Gasteiger partial charge in [-0.2, -0.15) is 13.2 Å². The fourth-order valence-electron chi connectivity index (χ4n) is 2.11. The number of hydrogen-bond acceptors (Lipinski definition) is 4. The van der Waals surface area contributed by atoms with E-state index in [4.69, 9.17) is 0 Å². The molecule has 0 aliphatic carbocycles. The molecule has 0 spiro atoms. The Morgan fingerprint density at radius 3 is 2.46 bits per heavy atom. The Balaban J connectivity index is 2.20. The molecule has 2 aromatic heterocycles. The van der Waals surface area contributed by atoms with Crippen molar-refractivity contribution in [3.8, 4) is 10.6 Å². The van der Waals surface area contributed by atoms with Crippen LogP contribution in [0.4, 0.5) is 17.6 Å². The van der Waals surface area contributed by atoms with E-state index < -0.39 is 16.9 Å². The monoisotopic (exact) mass is 362 g/mol. The number of nitrogens with zero attached hydrogens (tertiary/aromatic N) is 1. The molecule has 0 aromatic carbocycles. The summed E-state index contributed by atoms with van der Waals surface area (Å²) in [7, 11) is 0. The summed E-state index contributed by atoms with van der Waals surface area (Å²) in [5.41, 5.74) is 0.396. The molecular weight excluding hydrogens is 344 g/mol. The topological polar surface area (TPSA) is 45.1 Å². The molecular formula is C16H18F4N2OS. The van der Waals surface area contributed by atoms with Gasteiger partial charge in [0.05, 0.1) is 22.9 Å². The lowest BCUT2D eigenvalue weighted by Crippen LogP contribution is -2.36. The Morgan fingerprint density at radius 2 is 1.92 bits per heavy atom. The smallest absolute Gasteiger partial charge is 0.395 e. The maximum absolute atomic E-state index is 13.9. The predicted octanol–water partition coefficient (Wildman–Crippen LogP) is 4.07. The fourth-order valence-corrected chi connectivity index (χ4v) is 2.96. The van der Waals surface area contributed by atoms with Gasteiger partial charge in [0.25, 0.3) is 0 Å². The summed E-state index contributed by atoms with van der Waals surface area (Å²) in [4.78, 5) is 3.73. The third kappa shape index (κ3) is 4.52. The zero-order valence-corrected chi connectivity index (χ0v) is 14.0. The molecule has 0 aliphatic heterocycles. The van der Waals surface area contributed by atoms with Crippen LogP contribution in [-0.4, -0.2) is 22.7 Å². The molecule has 1 atom stereocenters. The molecule has 0 saturated heterocycles. The van der Waals surface area contributed by atoms with Crippen LogP contribution in [-0.2, 0) is 12.7 Å². The number of thiophene rings is 1. The van der Waals surface area contributed by atoms with E-state index in [9.17, 15) is 22.7 Å². The van der Waals surface area contributed by atoms with Gasteiger partial charge in [-0.1, -0.05) is 13.8 Å². The normalized spacial score (nSPS) is 13.5. The van der Waals surface area contributed by atoms with Crippen LogP contribution < -0.4 is 5.32 Å². The average molecular weight is 362 g/mol. The van der Waals surface area contributed by atoms with Crippen LogP contribution in [0.5, 0.6) is 0 Å². The van der Waals surface area contributed by atoms with Gasteiger partial charge < -0.3 is 10.4 Å². The van der Waals surface area contributed by atoms with Crippen molar-refractivity contribution in [3.05, 3.63) is 40.7 Å². The Morgan fingerprint density at radius 1 is 1.21 bits per heavy atom. The van der Waals surface area contributed by atoms with Crippen molar-refractivity contribution in [3.63, 3.8) is 0 Å². The third-order valence-corrected chi connectivity index (χ3v) is 4.74. The second kappa shape index (κ2) is 7.58. The minimum atomic E-state index is -4.40. The van der Waals surface area contributed by atoms with Gasteiger partial charge in [-0.05, 0) is 30.2 Å². The summed E-state index contributed by atoms with van der Waals surface area (Å²) >= 11 is 0.571. The Kier molecular flexibility index (Phi) is 5.95. The first kappa shape index (κ1) is 18.8. The fraction of sp³-hybridized carbons (Fsp3) is 0.438. The largest absolute Gasteiger partial charge is 0.425 e. The molecule has 8 heteroatoms. The zero-order chi connectivity index (χ0) is 17.9. The summed E-state index contributed by atoms with van der Waals surface area (Å²) in [5.74, 6) is -0.396. The Hall–Kier alpha value is -1.51. The molecule has 0 aliphatic rings. The third-order valence-electron chi connectivity index (χ3n) is 3.59. The van der Waals surface area contributed by atoms with E-state index in [-0.39, 0.29) is 30.8 Å². The summed E-state index contributed by atoms with van der Waals surface area (Å²) in [6.45, 7) is 3.82. The van der Waals surface area contributed by atoms with Gasteiger partial charge in [0.2, 0.25) is 0 Å². The number of hydrogen-bond donors (Lipinski definition) is 2. The van der Waals surface area contributed by atoms with E-state index in [1.807, 2.05) is 13.8 Å². The highest BCUT2D eigenvalue weighted by Gasteiger charge is 2.32. The van der Waals surface area contributed by atoms with E-state index in [0.29, 0.717) is 21.9 Å². The van der Waals surface area contributed by atoms with Crippen molar-refractivity contribution < 1.29 is 22.7 Å². The lowest BCUT2D eigenvalue weighted by atomic mass is 10.1. The molecule has 132 valence electrons. The molecule has 2 heterocycles. The molecule has 2 N–H and O–H groups in total.